The number of aromatic carboxylic acids is 1. The van der Waals surface area contributed by atoms with Crippen LogP contribution < -0.4 is 11.1 Å². The molecule has 0 heterocycles. The summed E-state index contributed by atoms with van der Waals surface area (Å²) in [5.74, 6) is -1.01. The number of benzene rings is 1. The Morgan fingerprint density at radius 2 is 1.95 bits per heavy atom. The normalized spacial score (nSPS) is 17.2. The first-order valence-electron chi connectivity index (χ1n) is 7.34. The maximum absolute atomic E-state index is 12.5. The Kier molecular flexibility index (Phi) is 4.63. The van der Waals surface area contributed by atoms with Gasteiger partial charge in [-0.1, -0.05) is 19.3 Å². The van der Waals surface area contributed by atoms with Crippen LogP contribution in [-0.2, 0) is 4.79 Å². The molecule has 1 aliphatic carbocycles. The topological polar surface area (TPSA) is 92.4 Å². The summed E-state index contributed by atoms with van der Waals surface area (Å²) in [6.45, 7) is 2.07. The number of carbonyl (C=O) groups excluding carboxylic acids is 1. The molecule has 5 heteroatoms. The molecule has 1 fully saturated rings. The minimum atomic E-state index is -0.962. The van der Waals surface area contributed by atoms with Crippen molar-refractivity contribution in [3.8, 4) is 0 Å². The highest BCUT2D eigenvalue weighted by Gasteiger charge is 2.38. The third kappa shape index (κ3) is 3.24. The molecule has 0 aromatic heterocycles. The number of hydrogen-bond donors (Lipinski definition) is 3. The quantitative estimate of drug-likeness (QED) is 0.794. The molecule has 114 valence electrons. The van der Waals surface area contributed by atoms with Crippen LogP contribution in [0.2, 0.25) is 0 Å². The predicted molar refractivity (Wildman–Crippen MR) is 81.3 cm³/mol. The van der Waals surface area contributed by atoms with Crippen LogP contribution in [0.15, 0.2) is 18.2 Å². The van der Waals surface area contributed by atoms with E-state index < -0.39 is 11.4 Å². The lowest BCUT2D eigenvalue weighted by Gasteiger charge is -2.34. The maximum Gasteiger partial charge on any atom is 0.335 e. The SMILES string of the molecule is Cc1cc(NC(=O)C2(CN)CCCCC2)ccc1C(=O)O. The molecule has 5 nitrogen and oxygen atoms in total. The van der Waals surface area contributed by atoms with Crippen LogP contribution in [-0.4, -0.2) is 23.5 Å². The van der Waals surface area contributed by atoms with E-state index in [1.165, 1.54) is 6.07 Å². The highest BCUT2D eigenvalue weighted by Crippen LogP contribution is 2.36. The van der Waals surface area contributed by atoms with Crippen molar-refractivity contribution >= 4 is 17.6 Å². The van der Waals surface area contributed by atoms with Gasteiger partial charge in [0.25, 0.3) is 0 Å². The number of carbonyl (C=O) groups is 2. The second-order valence-electron chi connectivity index (χ2n) is 5.83. The van der Waals surface area contributed by atoms with Crippen LogP contribution in [0, 0.1) is 12.3 Å². The summed E-state index contributed by atoms with van der Waals surface area (Å²) in [4.78, 5) is 23.5. The van der Waals surface area contributed by atoms with Crippen molar-refractivity contribution in [1.82, 2.24) is 0 Å². The van der Waals surface area contributed by atoms with Crippen molar-refractivity contribution in [2.45, 2.75) is 39.0 Å². The van der Waals surface area contributed by atoms with Crippen molar-refractivity contribution < 1.29 is 14.7 Å². The van der Waals surface area contributed by atoms with Gasteiger partial charge in [-0.15, -0.1) is 0 Å². The van der Waals surface area contributed by atoms with Crippen molar-refractivity contribution in [1.29, 1.82) is 0 Å². The van der Waals surface area contributed by atoms with Gasteiger partial charge in [0.2, 0.25) is 5.91 Å². The van der Waals surface area contributed by atoms with Gasteiger partial charge in [0, 0.05) is 12.2 Å². The van der Waals surface area contributed by atoms with Gasteiger partial charge in [0.1, 0.15) is 0 Å². The lowest BCUT2D eigenvalue weighted by molar-refractivity contribution is -0.126. The fourth-order valence-corrected chi connectivity index (χ4v) is 3.00. The number of anilines is 1. The molecule has 0 aliphatic heterocycles. The Morgan fingerprint density at radius 3 is 2.48 bits per heavy atom. The summed E-state index contributed by atoms with van der Waals surface area (Å²) < 4.78 is 0. The third-order valence-corrected chi connectivity index (χ3v) is 4.40. The first-order valence-corrected chi connectivity index (χ1v) is 7.34. The van der Waals surface area contributed by atoms with E-state index in [4.69, 9.17) is 10.8 Å². The molecular formula is C16H22N2O3. The van der Waals surface area contributed by atoms with Gasteiger partial charge in [-0.25, -0.2) is 4.79 Å². The number of carboxylic acids is 1. The van der Waals surface area contributed by atoms with E-state index in [0.717, 1.165) is 32.1 Å². The zero-order chi connectivity index (χ0) is 15.5. The van der Waals surface area contributed by atoms with Crippen molar-refractivity contribution in [3.63, 3.8) is 0 Å². The Hall–Kier alpha value is -1.88. The van der Waals surface area contributed by atoms with Crippen LogP contribution in [0.25, 0.3) is 0 Å². The molecule has 0 saturated heterocycles. The standard InChI is InChI=1S/C16H22N2O3/c1-11-9-12(5-6-13(11)14(19)20)18-15(21)16(10-17)7-3-2-4-8-16/h5-6,9H,2-4,7-8,10,17H2,1H3,(H,18,21)(H,19,20). The van der Waals surface area contributed by atoms with E-state index in [2.05, 4.69) is 5.32 Å². The molecule has 1 saturated carbocycles. The Balaban J connectivity index is 2.15. The van der Waals surface area contributed by atoms with Gasteiger partial charge in [-0.3, -0.25) is 4.79 Å². The third-order valence-electron chi connectivity index (χ3n) is 4.40. The van der Waals surface area contributed by atoms with E-state index in [0.29, 0.717) is 17.8 Å². The fraction of sp³-hybridized carbons (Fsp3) is 0.500. The second kappa shape index (κ2) is 6.26. The molecule has 0 spiro atoms. The average molecular weight is 290 g/mol. The van der Waals surface area contributed by atoms with Crippen LogP contribution in [0.3, 0.4) is 0 Å². The van der Waals surface area contributed by atoms with E-state index in [9.17, 15) is 9.59 Å². The molecule has 0 radical (unpaired) electrons. The summed E-state index contributed by atoms with van der Waals surface area (Å²) >= 11 is 0. The van der Waals surface area contributed by atoms with Gasteiger partial charge in [-0.05, 0) is 43.5 Å². The van der Waals surface area contributed by atoms with Crippen LogP contribution in [0.5, 0.6) is 0 Å². The summed E-state index contributed by atoms with van der Waals surface area (Å²) in [6, 6.07) is 4.83. The summed E-state index contributed by atoms with van der Waals surface area (Å²) in [6.07, 6.45) is 4.85. The van der Waals surface area contributed by atoms with Crippen molar-refractivity contribution in [3.05, 3.63) is 29.3 Å². The molecule has 1 amide bonds. The lowest BCUT2D eigenvalue weighted by atomic mass is 9.73. The smallest absolute Gasteiger partial charge is 0.335 e. The Morgan fingerprint density at radius 1 is 1.29 bits per heavy atom. The van der Waals surface area contributed by atoms with Crippen molar-refractivity contribution in [2.24, 2.45) is 11.1 Å². The number of nitrogens with two attached hydrogens (primary N) is 1. The minimum Gasteiger partial charge on any atom is -0.478 e. The van der Waals surface area contributed by atoms with Gasteiger partial charge in [0.15, 0.2) is 0 Å². The van der Waals surface area contributed by atoms with E-state index in [-0.39, 0.29) is 11.5 Å². The number of rotatable bonds is 4. The zero-order valence-electron chi connectivity index (χ0n) is 12.3. The minimum absolute atomic E-state index is 0.0489. The number of carboxylic acid groups (broad SMARTS) is 1. The Bertz CT molecular complexity index is 548. The second-order valence-corrected chi connectivity index (χ2v) is 5.83. The molecule has 0 atom stereocenters. The van der Waals surface area contributed by atoms with Gasteiger partial charge in [0.05, 0.1) is 11.0 Å². The highest BCUT2D eigenvalue weighted by molar-refractivity contribution is 5.96. The molecular weight excluding hydrogens is 268 g/mol. The molecule has 21 heavy (non-hydrogen) atoms. The first kappa shape index (κ1) is 15.5. The molecule has 1 aromatic carbocycles. The highest BCUT2D eigenvalue weighted by atomic mass is 16.4. The van der Waals surface area contributed by atoms with Gasteiger partial charge in [-0.2, -0.15) is 0 Å². The molecule has 1 aliphatic rings. The summed E-state index contributed by atoms with van der Waals surface area (Å²) in [7, 11) is 0. The predicted octanol–water partition coefficient (Wildman–Crippen LogP) is 2.54. The largest absolute Gasteiger partial charge is 0.478 e. The first-order chi connectivity index (χ1) is 9.98. The van der Waals surface area contributed by atoms with Crippen molar-refractivity contribution in [2.75, 3.05) is 11.9 Å². The molecule has 0 bridgehead atoms. The number of hydrogen-bond acceptors (Lipinski definition) is 3. The van der Waals surface area contributed by atoms with Crippen LogP contribution >= 0.6 is 0 Å². The van der Waals surface area contributed by atoms with Gasteiger partial charge >= 0.3 is 5.97 Å². The monoisotopic (exact) mass is 290 g/mol. The number of amides is 1. The molecule has 4 N–H and O–H groups in total. The fourth-order valence-electron chi connectivity index (χ4n) is 3.00. The molecule has 0 unspecified atom stereocenters. The summed E-state index contributed by atoms with van der Waals surface area (Å²) in [5, 5.41) is 11.9. The van der Waals surface area contributed by atoms with E-state index in [1.54, 1.807) is 19.1 Å². The Labute approximate surface area is 124 Å². The van der Waals surface area contributed by atoms with Crippen LogP contribution in [0.4, 0.5) is 5.69 Å². The van der Waals surface area contributed by atoms with Gasteiger partial charge < -0.3 is 16.2 Å². The van der Waals surface area contributed by atoms with E-state index in [1.807, 2.05) is 0 Å². The number of nitrogens with one attached hydrogen (secondary N) is 1. The van der Waals surface area contributed by atoms with Crippen LogP contribution in [0.1, 0.15) is 48.0 Å². The lowest BCUT2D eigenvalue weighted by Crippen LogP contribution is -2.43. The zero-order valence-corrected chi connectivity index (χ0v) is 12.3. The van der Waals surface area contributed by atoms with E-state index >= 15 is 0 Å². The molecule has 1 aromatic rings. The average Bonchev–Trinajstić information content (AvgIpc) is 2.47. The maximum atomic E-state index is 12.5. The summed E-state index contributed by atoms with van der Waals surface area (Å²) in [5.41, 5.74) is 6.88. The molecule has 2 rings (SSSR count). The number of aryl methyl sites for hydroxylation is 1.